The third-order valence-electron chi connectivity index (χ3n) is 4.99. The van der Waals surface area contributed by atoms with E-state index in [1.54, 1.807) is 20.8 Å². The summed E-state index contributed by atoms with van der Waals surface area (Å²) in [5, 5.41) is 14.2. The van der Waals surface area contributed by atoms with Crippen LogP contribution in [0.2, 0.25) is 0 Å². The quantitative estimate of drug-likeness (QED) is 0.562. The first-order chi connectivity index (χ1) is 13.1. The molecule has 2 atom stereocenters. The van der Waals surface area contributed by atoms with Crippen LogP contribution in [0.4, 0.5) is 14.9 Å². The van der Waals surface area contributed by atoms with Crippen LogP contribution in [0.5, 0.6) is 0 Å². The normalized spacial score (nSPS) is 24.7. The second-order valence-electron chi connectivity index (χ2n) is 8.14. The molecule has 0 aromatic heterocycles. The molecule has 3 rings (SSSR count). The van der Waals surface area contributed by atoms with Crippen molar-refractivity contribution in [1.29, 1.82) is 0 Å². The SMILES string of the molecule is CC(C)(C)OC(=O)NC1=NC2(c3cc([N+](=O)[O-])ccc3F)CCCCC2CS1. The van der Waals surface area contributed by atoms with Crippen LogP contribution in [0.15, 0.2) is 23.2 Å². The van der Waals surface area contributed by atoms with Crippen molar-refractivity contribution < 1.29 is 18.8 Å². The molecule has 0 saturated heterocycles. The van der Waals surface area contributed by atoms with E-state index >= 15 is 0 Å². The Labute approximate surface area is 167 Å². The largest absolute Gasteiger partial charge is 0.444 e. The molecule has 1 heterocycles. The number of halogens is 1. The molecule has 7 nitrogen and oxygen atoms in total. The molecule has 0 spiro atoms. The maximum absolute atomic E-state index is 14.8. The van der Waals surface area contributed by atoms with Crippen molar-refractivity contribution in [3.05, 3.63) is 39.7 Å². The first kappa shape index (κ1) is 20.6. The van der Waals surface area contributed by atoms with Gasteiger partial charge in [0.1, 0.15) is 11.4 Å². The zero-order chi connectivity index (χ0) is 20.5. The number of alkyl carbamates (subject to hydrolysis) is 1. The van der Waals surface area contributed by atoms with Gasteiger partial charge in [0.2, 0.25) is 0 Å². The summed E-state index contributed by atoms with van der Waals surface area (Å²) in [6.45, 7) is 5.29. The van der Waals surface area contributed by atoms with E-state index in [2.05, 4.69) is 5.32 Å². The Morgan fingerprint density at radius 2 is 2.18 bits per heavy atom. The molecule has 0 bridgehead atoms. The number of nitrogens with zero attached hydrogens (tertiary/aromatic N) is 2. The highest BCUT2D eigenvalue weighted by atomic mass is 32.2. The number of ether oxygens (including phenoxy) is 1. The van der Waals surface area contributed by atoms with Gasteiger partial charge in [-0.05, 0) is 45.6 Å². The van der Waals surface area contributed by atoms with Crippen molar-refractivity contribution >= 4 is 28.7 Å². The number of aliphatic imine (C=N–C) groups is 1. The number of fused-ring (bicyclic) bond motifs is 1. The van der Waals surface area contributed by atoms with Gasteiger partial charge in [0.05, 0.1) is 10.5 Å². The lowest BCUT2D eigenvalue weighted by Gasteiger charge is -2.44. The number of benzene rings is 1. The lowest BCUT2D eigenvalue weighted by atomic mass is 9.69. The summed E-state index contributed by atoms with van der Waals surface area (Å²) in [6.07, 6.45) is 2.66. The third kappa shape index (κ3) is 4.29. The standard InChI is InChI=1S/C19H24FN3O4S/c1-18(2,3)27-17(24)21-16-22-19(9-5-4-6-12(19)11-28-16)14-10-13(23(25)26)7-8-15(14)20/h7-8,10,12H,4-6,9,11H2,1-3H3,(H,21,22,24). The van der Waals surface area contributed by atoms with Gasteiger partial charge in [-0.15, -0.1) is 0 Å². The van der Waals surface area contributed by atoms with Gasteiger partial charge in [-0.2, -0.15) is 0 Å². The molecular weight excluding hydrogens is 385 g/mol. The van der Waals surface area contributed by atoms with Crippen LogP contribution in [-0.2, 0) is 10.3 Å². The van der Waals surface area contributed by atoms with Crippen molar-refractivity contribution in [3.63, 3.8) is 0 Å². The highest BCUT2D eigenvalue weighted by Gasteiger charge is 2.47. The zero-order valence-corrected chi connectivity index (χ0v) is 17.0. The minimum Gasteiger partial charge on any atom is -0.444 e. The van der Waals surface area contributed by atoms with Crippen LogP contribution in [-0.4, -0.2) is 27.5 Å². The number of carbonyl (C=O) groups is 1. The molecule has 1 aromatic rings. The Morgan fingerprint density at radius 1 is 1.43 bits per heavy atom. The number of rotatable bonds is 2. The molecule has 1 aliphatic heterocycles. The molecule has 28 heavy (non-hydrogen) atoms. The monoisotopic (exact) mass is 409 g/mol. The smallest absolute Gasteiger partial charge is 0.413 e. The number of non-ortho nitro benzene ring substituents is 1. The van der Waals surface area contributed by atoms with Crippen molar-refractivity contribution in [2.24, 2.45) is 10.9 Å². The van der Waals surface area contributed by atoms with Crippen LogP contribution >= 0.6 is 11.8 Å². The Kier molecular flexibility index (Phi) is 5.65. The summed E-state index contributed by atoms with van der Waals surface area (Å²) >= 11 is 1.39. The fraction of sp³-hybridized carbons (Fsp3) is 0.579. The highest BCUT2D eigenvalue weighted by Crippen LogP contribution is 2.50. The number of nitro groups is 1. The molecule has 1 amide bonds. The van der Waals surface area contributed by atoms with E-state index in [-0.39, 0.29) is 17.2 Å². The van der Waals surface area contributed by atoms with E-state index in [0.717, 1.165) is 31.4 Å². The van der Waals surface area contributed by atoms with Gasteiger partial charge in [-0.1, -0.05) is 24.6 Å². The van der Waals surface area contributed by atoms with Gasteiger partial charge >= 0.3 is 6.09 Å². The van der Waals surface area contributed by atoms with Gasteiger partial charge in [0.15, 0.2) is 5.17 Å². The fourth-order valence-corrected chi connectivity index (χ4v) is 5.00. The molecule has 1 N–H and O–H groups in total. The second-order valence-corrected chi connectivity index (χ2v) is 9.15. The number of amides is 1. The topological polar surface area (TPSA) is 93.8 Å². The summed E-state index contributed by atoms with van der Waals surface area (Å²) in [7, 11) is 0. The van der Waals surface area contributed by atoms with Gasteiger partial charge in [-0.25, -0.2) is 9.18 Å². The van der Waals surface area contributed by atoms with E-state index in [0.29, 0.717) is 17.3 Å². The highest BCUT2D eigenvalue weighted by molar-refractivity contribution is 8.13. The Balaban J connectivity index is 2.00. The number of amidine groups is 1. The van der Waals surface area contributed by atoms with Crippen LogP contribution in [0, 0.1) is 21.8 Å². The van der Waals surface area contributed by atoms with Crippen molar-refractivity contribution in [2.45, 2.75) is 57.6 Å². The van der Waals surface area contributed by atoms with E-state index in [9.17, 15) is 19.3 Å². The number of nitro benzene ring substituents is 1. The minimum atomic E-state index is -0.913. The van der Waals surface area contributed by atoms with Gasteiger partial charge < -0.3 is 4.74 Å². The molecular formula is C19H24FN3O4S. The summed E-state index contributed by atoms with van der Waals surface area (Å²) < 4.78 is 20.1. The molecule has 2 aliphatic rings. The molecule has 1 aromatic carbocycles. The maximum Gasteiger partial charge on any atom is 0.413 e. The van der Waals surface area contributed by atoms with E-state index < -0.39 is 28.0 Å². The molecule has 1 fully saturated rings. The minimum absolute atomic E-state index is 0.0481. The molecule has 0 radical (unpaired) electrons. The third-order valence-corrected chi connectivity index (χ3v) is 6.03. The molecule has 152 valence electrons. The zero-order valence-electron chi connectivity index (χ0n) is 16.2. The van der Waals surface area contributed by atoms with Crippen molar-refractivity contribution in [3.8, 4) is 0 Å². The summed E-state index contributed by atoms with van der Waals surface area (Å²) in [5.41, 5.74) is -1.49. The van der Waals surface area contributed by atoms with Crippen molar-refractivity contribution in [1.82, 2.24) is 5.32 Å². The Bertz CT molecular complexity index is 824. The molecule has 1 aliphatic carbocycles. The van der Waals surface area contributed by atoms with Gasteiger partial charge in [0.25, 0.3) is 5.69 Å². The molecule has 9 heteroatoms. The van der Waals surface area contributed by atoms with Crippen LogP contribution in [0.3, 0.4) is 0 Å². The predicted octanol–water partition coefficient (Wildman–Crippen LogP) is 4.75. The molecule has 2 unspecified atom stereocenters. The lowest BCUT2D eigenvalue weighted by molar-refractivity contribution is -0.385. The maximum atomic E-state index is 14.8. The average Bonchev–Trinajstić information content (AvgIpc) is 2.59. The molecule has 1 saturated carbocycles. The van der Waals surface area contributed by atoms with Crippen molar-refractivity contribution in [2.75, 3.05) is 5.75 Å². The van der Waals surface area contributed by atoms with Gasteiger partial charge in [-0.3, -0.25) is 20.4 Å². The fourth-order valence-electron chi connectivity index (χ4n) is 3.82. The van der Waals surface area contributed by atoms with Crippen LogP contribution in [0.1, 0.15) is 52.0 Å². The number of nitrogens with one attached hydrogen (secondary N) is 1. The lowest BCUT2D eigenvalue weighted by Crippen LogP contribution is -2.45. The average molecular weight is 409 g/mol. The summed E-state index contributed by atoms with van der Waals surface area (Å²) in [5.74, 6) is 0.188. The van der Waals surface area contributed by atoms with Crippen LogP contribution in [0.25, 0.3) is 0 Å². The number of hydrogen-bond donors (Lipinski definition) is 1. The first-order valence-corrected chi connectivity index (χ1v) is 10.3. The van der Waals surface area contributed by atoms with E-state index in [1.165, 1.54) is 17.8 Å². The van der Waals surface area contributed by atoms with Crippen LogP contribution < -0.4 is 5.32 Å². The van der Waals surface area contributed by atoms with E-state index in [1.807, 2.05) is 0 Å². The summed E-state index contributed by atoms with van der Waals surface area (Å²) in [4.78, 5) is 27.6. The Morgan fingerprint density at radius 3 is 2.86 bits per heavy atom. The van der Waals surface area contributed by atoms with E-state index in [4.69, 9.17) is 9.73 Å². The summed E-state index contributed by atoms with van der Waals surface area (Å²) in [6, 6.07) is 3.58. The first-order valence-electron chi connectivity index (χ1n) is 9.28. The Hall–Kier alpha value is -2.16. The number of thioether (sulfide) groups is 1. The number of hydrogen-bond acceptors (Lipinski definition) is 6. The van der Waals surface area contributed by atoms with Gasteiger partial charge in [0, 0.05) is 23.4 Å². The predicted molar refractivity (Wildman–Crippen MR) is 106 cm³/mol. The number of carbonyl (C=O) groups excluding carboxylic acids is 1. The second kappa shape index (κ2) is 7.69.